The maximum atomic E-state index is 9.47. The molecule has 2 rings (SSSR count). The molecule has 0 aliphatic rings. The Kier molecular flexibility index (Phi) is 4.31. The van der Waals surface area contributed by atoms with E-state index in [2.05, 4.69) is 29.8 Å². The third-order valence-corrected chi connectivity index (χ3v) is 3.86. The van der Waals surface area contributed by atoms with Gasteiger partial charge in [0.1, 0.15) is 0 Å². The fraction of sp³-hybridized carbons (Fsp3) is 0.286. The van der Waals surface area contributed by atoms with E-state index >= 15 is 0 Å². The zero-order valence-electron chi connectivity index (χ0n) is 9.84. The van der Waals surface area contributed by atoms with Crippen molar-refractivity contribution in [1.29, 1.82) is 0 Å². The highest BCUT2D eigenvalue weighted by Crippen LogP contribution is 2.22. The first kappa shape index (κ1) is 12.3. The SMILES string of the molecule is C[C@H](N[C@@H](CO)c1ccccc1)c1cccs1. The van der Waals surface area contributed by atoms with Crippen molar-refractivity contribution in [3.63, 3.8) is 0 Å². The number of hydrogen-bond donors (Lipinski definition) is 2. The van der Waals surface area contributed by atoms with Gasteiger partial charge in [-0.25, -0.2) is 0 Å². The second kappa shape index (κ2) is 5.96. The maximum Gasteiger partial charge on any atom is 0.0626 e. The molecule has 3 heteroatoms. The van der Waals surface area contributed by atoms with Gasteiger partial charge in [0.25, 0.3) is 0 Å². The van der Waals surface area contributed by atoms with Crippen LogP contribution in [0.3, 0.4) is 0 Å². The van der Waals surface area contributed by atoms with Crippen molar-refractivity contribution in [2.45, 2.75) is 19.0 Å². The molecule has 1 aromatic heterocycles. The molecule has 2 aromatic rings. The van der Waals surface area contributed by atoms with Gasteiger partial charge in [0.15, 0.2) is 0 Å². The number of aliphatic hydroxyl groups excluding tert-OH is 1. The molecule has 0 saturated carbocycles. The molecule has 0 bridgehead atoms. The smallest absolute Gasteiger partial charge is 0.0626 e. The van der Waals surface area contributed by atoms with Gasteiger partial charge in [0, 0.05) is 10.9 Å². The van der Waals surface area contributed by atoms with Crippen molar-refractivity contribution in [2.24, 2.45) is 0 Å². The minimum atomic E-state index is -0.00620. The van der Waals surface area contributed by atoms with Gasteiger partial charge >= 0.3 is 0 Å². The van der Waals surface area contributed by atoms with E-state index in [1.165, 1.54) is 4.88 Å². The van der Waals surface area contributed by atoms with Crippen LogP contribution in [-0.2, 0) is 0 Å². The van der Waals surface area contributed by atoms with E-state index in [0.29, 0.717) is 0 Å². The summed E-state index contributed by atoms with van der Waals surface area (Å²) in [6.45, 7) is 2.23. The number of aliphatic hydroxyl groups is 1. The fourth-order valence-corrected chi connectivity index (χ4v) is 2.60. The second-order valence-corrected chi connectivity index (χ2v) is 5.03. The highest BCUT2D eigenvalue weighted by Gasteiger charge is 2.14. The fourth-order valence-electron chi connectivity index (χ4n) is 1.86. The zero-order chi connectivity index (χ0) is 12.1. The molecule has 0 fully saturated rings. The molecule has 1 heterocycles. The lowest BCUT2D eigenvalue weighted by Crippen LogP contribution is -2.26. The van der Waals surface area contributed by atoms with Crippen LogP contribution in [0.5, 0.6) is 0 Å². The summed E-state index contributed by atoms with van der Waals surface area (Å²) in [5.74, 6) is 0. The number of benzene rings is 1. The summed E-state index contributed by atoms with van der Waals surface area (Å²) in [5, 5.41) is 15.0. The quantitative estimate of drug-likeness (QED) is 0.850. The van der Waals surface area contributed by atoms with Gasteiger partial charge < -0.3 is 10.4 Å². The number of thiophene rings is 1. The van der Waals surface area contributed by atoms with Gasteiger partial charge in [-0.1, -0.05) is 36.4 Å². The number of hydrogen-bond acceptors (Lipinski definition) is 3. The van der Waals surface area contributed by atoms with Crippen LogP contribution in [0.25, 0.3) is 0 Å². The van der Waals surface area contributed by atoms with Crippen molar-refractivity contribution in [3.8, 4) is 0 Å². The lowest BCUT2D eigenvalue weighted by Gasteiger charge is -2.21. The van der Waals surface area contributed by atoms with Crippen molar-refractivity contribution in [1.82, 2.24) is 5.32 Å². The predicted octanol–water partition coefficient (Wildman–Crippen LogP) is 3.13. The standard InChI is InChI=1S/C14H17NOS/c1-11(14-8-5-9-17-14)15-13(10-16)12-6-3-2-4-7-12/h2-9,11,13,15-16H,10H2,1H3/t11-,13-/m0/s1. The molecule has 0 unspecified atom stereocenters. The average Bonchev–Trinajstić information content (AvgIpc) is 2.90. The zero-order valence-corrected chi connectivity index (χ0v) is 10.7. The van der Waals surface area contributed by atoms with Gasteiger partial charge in [0.05, 0.1) is 12.6 Å². The minimum Gasteiger partial charge on any atom is -0.394 e. The summed E-state index contributed by atoms with van der Waals surface area (Å²) in [7, 11) is 0. The molecule has 0 spiro atoms. The summed E-state index contributed by atoms with van der Waals surface area (Å²) in [6, 6.07) is 14.5. The maximum absolute atomic E-state index is 9.47. The molecular weight excluding hydrogens is 230 g/mol. The Morgan fingerprint density at radius 2 is 1.94 bits per heavy atom. The Morgan fingerprint density at radius 3 is 2.53 bits per heavy atom. The van der Waals surface area contributed by atoms with Gasteiger partial charge in [0.2, 0.25) is 0 Å². The third-order valence-electron chi connectivity index (χ3n) is 2.81. The van der Waals surface area contributed by atoms with Crippen molar-refractivity contribution >= 4 is 11.3 Å². The monoisotopic (exact) mass is 247 g/mol. The van der Waals surface area contributed by atoms with Crippen LogP contribution >= 0.6 is 11.3 Å². The molecule has 1 aromatic carbocycles. The lowest BCUT2D eigenvalue weighted by molar-refractivity contribution is 0.236. The molecule has 2 N–H and O–H groups in total. The van der Waals surface area contributed by atoms with Crippen LogP contribution in [-0.4, -0.2) is 11.7 Å². The molecule has 0 aliphatic carbocycles. The van der Waals surface area contributed by atoms with Gasteiger partial charge in [-0.3, -0.25) is 0 Å². The average molecular weight is 247 g/mol. The van der Waals surface area contributed by atoms with Crippen molar-refractivity contribution < 1.29 is 5.11 Å². The Bertz CT molecular complexity index is 427. The van der Waals surface area contributed by atoms with Crippen LogP contribution in [0.4, 0.5) is 0 Å². The minimum absolute atomic E-state index is 0.00620. The van der Waals surface area contributed by atoms with Crippen molar-refractivity contribution in [2.75, 3.05) is 6.61 Å². The molecule has 0 saturated heterocycles. The first-order valence-corrected chi connectivity index (χ1v) is 6.64. The van der Waals surface area contributed by atoms with E-state index in [9.17, 15) is 5.11 Å². The summed E-state index contributed by atoms with van der Waals surface area (Å²) in [6.07, 6.45) is 0. The Balaban J connectivity index is 2.06. The highest BCUT2D eigenvalue weighted by molar-refractivity contribution is 7.10. The van der Waals surface area contributed by atoms with Crippen LogP contribution in [0.1, 0.15) is 29.4 Å². The van der Waals surface area contributed by atoms with Gasteiger partial charge in [-0.2, -0.15) is 0 Å². The van der Waals surface area contributed by atoms with E-state index < -0.39 is 0 Å². The molecular formula is C14H17NOS. The van der Waals surface area contributed by atoms with Crippen LogP contribution < -0.4 is 5.32 Å². The van der Waals surface area contributed by atoms with E-state index in [-0.39, 0.29) is 18.7 Å². The summed E-state index contributed by atoms with van der Waals surface area (Å²) >= 11 is 1.73. The first-order chi connectivity index (χ1) is 8.31. The van der Waals surface area contributed by atoms with Crippen molar-refractivity contribution in [3.05, 3.63) is 58.3 Å². The summed E-state index contributed by atoms with van der Waals surface area (Å²) < 4.78 is 0. The third kappa shape index (κ3) is 3.16. The molecule has 0 amide bonds. The number of nitrogens with one attached hydrogen (secondary N) is 1. The van der Waals surface area contributed by atoms with E-state index in [4.69, 9.17) is 0 Å². The Hall–Kier alpha value is -1.16. The normalized spacial score (nSPS) is 14.5. The molecule has 0 radical (unpaired) electrons. The topological polar surface area (TPSA) is 32.3 Å². The molecule has 2 nitrogen and oxygen atoms in total. The van der Waals surface area contributed by atoms with Crippen LogP contribution in [0.15, 0.2) is 47.8 Å². The van der Waals surface area contributed by atoms with E-state index in [1.54, 1.807) is 11.3 Å². The highest BCUT2D eigenvalue weighted by atomic mass is 32.1. The summed E-state index contributed by atoms with van der Waals surface area (Å²) in [4.78, 5) is 1.29. The largest absolute Gasteiger partial charge is 0.394 e. The van der Waals surface area contributed by atoms with E-state index in [0.717, 1.165) is 5.56 Å². The van der Waals surface area contributed by atoms with Gasteiger partial charge in [-0.05, 0) is 23.9 Å². The summed E-state index contributed by atoms with van der Waals surface area (Å²) in [5.41, 5.74) is 1.12. The molecule has 0 aliphatic heterocycles. The first-order valence-electron chi connectivity index (χ1n) is 5.76. The van der Waals surface area contributed by atoms with Crippen LogP contribution in [0, 0.1) is 0 Å². The predicted molar refractivity (Wildman–Crippen MR) is 72.1 cm³/mol. The molecule has 90 valence electrons. The Labute approximate surface area is 106 Å². The van der Waals surface area contributed by atoms with E-state index in [1.807, 2.05) is 30.3 Å². The van der Waals surface area contributed by atoms with Gasteiger partial charge in [-0.15, -0.1) is 11.3 Å². The molecule has 17 heavy (non-hydrogen) atoms. The lowest BCUT2D eigenvalue weighted by atomic mass is 10.1. The Morgan fingerprint density at radius 1 is 1.18 bits per heavy atom. The number of rotatable bonds is 5. The second-order valence-electron chi connectivity index (χ2n) is 4.05. The van der Waals surface area contributed by atoms with Crippen LogP contribution in [0.2, 0.25) is 0 Å². The molecule has 2 atom stereocenters.